The van der Waals surface area contributed by atoms with Gasteiger partial charge in [-0.1, -0.05) is 42.5 Å². The fraction of sp³-hybridized carbons (Fsp3) is 0.444. The van der Waals surface area contributed by atoms with Crippen LogP contribution in [0.1, 0.15) is 24.4 Å². The maximum atomic E-state index is 12.8. The Morgan fingerprint density at radius 2 is 2.12 bits per heavy atom. The predicted octanol–water partition coefficient (Wildman–Crippen LogP) is 1.79. The van der Waals surface area contributed by atoms with Crippen molar-refractivity contribution < 1.29 is 4.79 Å². The summed E-state index contributed by atoms with van der Waals surface area (Å²) in [5.41, 5.74) is 1.09. The molecule has 2 aromatic rings. The number of rotatable bonds is 6. The van der Waals surface area contributed by atoms with Gasteiger partial charge < -0.3 is 5.32 Å². The predicted molar refractivity (Wildman–Crippen MR) is 88.9 cm³/mol. The van der Waals surface area contributed by atoms with E-state index in [1.54, 1.807) is 4.68 Å². The molecular weight excluding hydrogens is 302 g/mol. The second-order valence-electron chi connectivity index (χ2n) is 6.78. The molecule has 1 heterocycles. The number of hydrogen-bond donors (Lipinski definition) is 1. The van der Waals surface area contributed by atoms with Gasteiger partial charge in [0.15, 0.2) is 0 Å². The fourth-order valence-corrected chi connectivity index (χ4v) is 3.93. The summed E-state index contributed by atoms with van der Waals surface area (Å²) in [5, 5.41) is 14.4. The Labute approximate surface area is 140 Å². The van der Waals surface area contributed by atoms with Crippen LogP contribution in [0.25, 0.3) is 0 Å². The van der Waals surface area contributed by atoms with Crippen LogP contribution in [-0.4, -0.2) is 32.7 Å². The number of fused-ring (bicyclic) bond motifs is 2. The number of nitrogens with zero attached hydrogens (tertiary/aromatic N) is 4. The number of allylic oxidation sites excluding steroid dienone is 2. The van der Waals surface area contributed by atoms with Gasteiger partial charge in [-0.2, -0.15) is 0 Å². The SMILES string of the molecule is O=C(NC[C@@H]1C[C@H]2C=C[C@H]1C2)[C@@H](Cc1ccccc1)n1cnnn1. The Bertz CT molecular complexity index is 712. The Balaban J connectivity index is 1.42. The Morgan fingerprint density at radius 1 is 1.25 bits per heavy atom. The van der Waals surface area contributed by atoms with Gasteiger partial charge in [-0.15, -0.1) is 5.10 Å². The van der Waals surface area contributed by atoms with Gasteiger partial charge in [-0.05, 0) is 46.6 Å². The first-order chi connectivity index (χ1) is 11.8. The molecule has 2 aliphatic rings. The number of carbonyl (C=O) groups is 1. The van der Waals surface area contributed by atoms with Crippen molar-refractivity contribution in [2.45, 2.75) is 25.3 Å². The molecule has 0 spiro atoms. The molecule has 0 saturated heterocycles. The summed E-state index contributed by atoms with van der Waals surface area (Å²) in [6, 6.07) is 9.54. The highest BCUT2D eigenvalue weighted by molar-refractivity contribution is 5.80. The number of carbonyl (C=O) groups excluding carboxylic acids is 1. The van der Waals surface area contributed by atoms with Gasteiger partial charge in [-0.3, -0.25) is 4.79 Å². The zero-order valence-electron chi connectivity index (χ0n) is 13.5. The smallest absolute Gasteiger partial charge is 0.245 e. The maximum absolute atomic E-state index is 12.8. The van der Waals surface area contributed by atoms with Crippen LogP contribution in [0.3, 0.4) is 0 Å². The molecule has 24 heavy (non-hydrogen) atoms. The molecule has 1 saturated carbocycles. The standard InChI is InChI=1S/C18H21N5O/c24-18(19-11-16-9-14-6-7-15(16)8-14)17(23-12-20-21-22-23)10-13-4-2-1-3-5-13/h1-7,12,14-17H,8-11H2,(H,19,24)/t14-,15-,16-,17+/m0/s1. The van der Waals surface area contributed by atoms with Crippen molar-refractivity contribution in [3.8, 4) is 0 Å². The third-order valence-electron chi connectivity index (χ3n) is 5.21. The molecule has 2 aliphatic carbocycles. The van der Waals surface area contributed by atoms with Crippen LogP contribution in [0, 0.1) is 17.8 Å². The van der Waals surface area contributed by atoms with Crippen LogP contribution >= 0.6 is 0 Å². The largest absolute Gasteiger partial charge is 0.354 e. The molecule has 1 fully saturated rings. The lowest BCUT2D eigenvalue weighted by Crippen LogP contribution is -2.37. The number of hydrogen-bond acceptors (Lipinski definition) is 4. The van der Waals surface area contributed by atoms with Crippen molar-refractivity contribution in [1.82, 2.24) is 25.5 Å². The van der Waals surface area contributed by atoms with Crippen LogP contribution in [0.5, 0.6) is 0 Å². The van der Waals surface area contributed by atoms with E-state index in [9.17, 15) is 4.79 Å². The number of amides is 1. The van der Waals surface area contributed by atoms with Crippen molar-refractivity contribution in [3.63, 3.8) is 0 Å². The lowest BCUT2D eigenvalue weighted by molar-refractivity contribution is -0.124. The van der Waals surface area contributed by atoms with Gasteiger partial charge in [0.25, 0.3) is 0 Å². The molecule has 0 unspecified atom stereocenters. The summed E-state index contributed by atoms with van der Waals surface area (Å²) >= 11 is 0. The second-order valence-corrected chi connectivity index (χ2v) is 6.78. The van der Waals surface area contributed by atoms with Crippen molar-refractivity contribution in [2.75, 3.05) is 6.54 Å². The van der Waals surface area contributed by atoms with E-state index in [0.717, 1.165) is 18.0 Å². The maximum Gasteiger partial charge on any atom is 0.245 e. The lowest BCUT2D eigenvalue weighted by atomic mass is 9.93. The second kappa shape index (κ2) is 6.55. The highest BCUT2D eigenvalue weighted by Gasteiger charge is 2.36. The van der Waals surface area contributed by atoms with Gasteiger partial charge in [0.05, 0.1) is 0 Å². The highest BCUT2D eigenvalue weighted by atomic mass is 16.2. The summed E-state index contributed by atoms with van der Waals surface area (Å²) in [4.78, 5) is 12.8. The Hall–Kier alpha value is -2.50. The number of tetrazole rings is 1. The normalized spacial score (nSPS) is 25.8. The van der Waals surface area contributed by atoms with Gasteiger partial charge in [0.2, 0.25) is 5.91 Å². The van der Waals surface area contributed by atoms with E-state index in [0.29, 0.717) is 18.3 Å². The van der Waals surface area contributed by atoms with Gasteiger partial charge >= 0.3 is 0 Å². The Kier molecular flexibility index (Phi) is 4.11. The minimum Gasteiger partial charge on any atom is -0.354 e. The molecule has 1 N–H and O–H groups in total. The lowest BCUT2D eigenvalue weighted by Gasteiger charge is -2.21. The first kappa shape index (κ1) is 15.1. The van der Waals surface area contributed by atoms with Crippen molar-refractivity contribution in [3.05, 3.63) is 54.4 Å². The average molecular weight is 323 g/mol. The third-order valence-corrected chi connectivity index (χ3v) is 5.21. The number of benzene rings is 1. The topological polar surface area (TPSA) is 72.7 Å². The van der Waals surface area contributed by atoms with Crippen molar-refractivity contribution in [2.24, 2.45) is 17.8 Å². The Morgan fingerprint density at radius 3 is 2.79 bits per heavy atom. The van der Waals surface area contributed by atoms with Crippen molar-refractivity contribution in [1.29, 1.82) is 0 Å². The molecule has 0 aliphatic heterocycles. The van der Waals surface area contributed by atoms with Gasteiger partial charge in [0, 0.05) is 13.0 Å². The highest BCUT2D eigenvalue weighted by Crippen LogP contribution is 2.42. The van der Waals surface area contributed by atoms with Crippen LogP contribution in [0.4, 0.5) is 0 Å². The van der Waals surface area contributed by atoms with Gasteiger partial charge in [-0.25, -0.2) is 4.68 Å². The van der Waals surface area contributed by atoms with Crippen molar-refractivity contribution >= 4 is 5.91 Å². The molecule has 6 heteroatoms. The number of nitrogens with one attached hydrogen (secondary N) is 1. The quantitative estimate of drug-likeness (QED) is 0.823. The molecule has 4 atom stereocenters. The van der Waals surface area contributed by atoms with E-state index in [-0.39, 0.29) is 5.91 Å². The molecule has 2 bridgehead atoms. The minimum atomic E-state index is -0.420. The van der Waals surface area contributed by atoms with E-state index >= 15 is 0 Å². The van der Waals surface area contributed by atoms with Crippen LogP contribution in [-0.2, 0) is 11.2 Å². The third kappa shape index (κ3) is 3.09. The van der Waals surface area contributed by atoms with E-state index < -0.39 is 6.04 Å². The molecule has 1 aromatic carbocycles. The minimum absolute atomic E-state index is 0.0158. The molecule has 1 aromatic heterocycles. The molecular formula is C18H21N5O. The first-order valence-electron chi connectivity index (χ1n) is 8.52. The van der Waals surface area contributed by atoms with E-state index in [2.05, 4.69) is 33.0 Å². The summed E-state index contributed by atoms with van der Waals surface area (Å²) in [5.74, 6) is 1.90. The molecule has 0 radical (unpaired) electrons. The average Bonchev–Trinajstić information content (AvgIpc) is 3.36. The van der Waals surface area contributed by atoms with E-state index in [1.165, 1.54) is 19.2 Å². The molecule has 124 valence electrons. The molecule has 6 nitrogen and oxygen atoms in total. The summed E-state index contributed by atoms with van der Waals surface area (Å²) in [6.07, 6.45) is 9.16. The van der Waals surface area contributed by atoms with Gasteiger partial charge in [0.1, 0.15) is 12.4 Å². The summed E-state index contributed by atoms with van der Waals surface area (Å²) in [7, 11) is 0. The van der Waals surface area contributed by atoms with Crippen LogP contribution < -0.4 is 5.32 Å². The zero-order chi connectivity index (χ0) is 16.4. The zero-order valence-corrected chi connectivity index (χ0v) is 13.5. The van der Waals surface area contributed by atoms with Crippen LogP contribution in [0.2, 0.25) is 0 Å². The molecule has 4 rings (SSSR count). The number of aromatic nitrogens is 4. The summed E-state index contributed by atoms with van der Waals surface area (Å²) in [6.45, 7) is 0.734. The van der Waals surface area contributed by atoms with E-state index in [1.807, 2.05) is 30.3 Å². The van der Waals surface area contributed by atoms with Crippen LogP contribution in [0.15, 0.2) is 48.8 Å². The summed E-state index contributed by atoms with van der Waals surface area (Å²) < 4.78 is 1.54. The molecule has 1 amide bonds. The first-order valence-corrected chi connectivity index (χ1v) is 8.52. The monoisotopic (exact) mass is 323 g/mol. The fourth-order valence-electron chi connectivity index (χ4n) is 3.93. The van der Waals surface area contributed by atoms with E-state index in [4.69, 9.17) is 0 Å².